The number of hydrogen-bond donors (Lipinski definition) is 2. The van der Waals surface area contributed by atoms with E-state index in [9.17, 15) is 0 Å². The van der Waals surface area contributed by atoms with Gasteiger partial charge in [-0.15, -0.1) is 0 Å². The summed E-state index contributed by atoms with van der Waals surface area (Å²) in [4.78, 5) is 17.0. The van der Waals surface area contributed by atoms with Gasteiger partial charge < -0.3 is 10.3 Å². The zero-order valence-corrected chi connectivity index (χ0v) is 15.2. The van der Waals surface area contributed by atoms with Crippen LogP contribution in [0.2, 0.25) is 0 Å². The van der Waals surface area contributed by atoms with Crippen molar-refractivity contribution in [3.8, 4) is 0 Å². The van der Waals surface area contributed by atoms with E-state index in [1.165, 1.54) is 5.56 Å². The summed E-state index contributed by atoms with van der Waals surface area (Å²) in [7, 11) is 0. The number of nitrogens with one attached hydrogen (secondary N) is 2. The number of hydrogen-bond acceptors (Lipinski definition) is 4. The first kappa shape index (κ1) is 15.8. The van der Waals surface area contributed by atoms with E-state index in [0.717, 1.165) is 44.2 Å². The molecule has 0 bridgehead atoms. The summed E-state index contributed by atoms with van der Waals surface area (Å²) in [6.07, 6.45) is 7.31. The Kier molecular flexibility index (Phi) is 3.53. The lowest BCUT2D eigenvalue weighted by Crippen LogP contribution is -1.97. The number of H-pyrrole nitrogens is 1. The Bertz CT molecular complexity index is 1290. The summed E-state index contributed by atoms with van der Waals surface area (Å²) in [6.45, 7) is 4.40. The lowest BCUT2D eigenvalue weighted by molar-refractivity contribution is 0.867. The van der Waals surface area contributed by atoms with Crippen molar-refractivity contribution >= 4 is 44.2 Å². The van der Waals surface area contributed by atoms with Gasteiger partial charge in [0.1, 0.15) is 5.82 Å². The van der Waals surface area contributed by atoms with Crippen molar-refractivity contribution in [1.82, 2.24) is 19.9 Å². The molecule has 2 N–H and O–H groups in total. The summed E-state index contributed by atoms with van der Waals surface area (Å²) >= 11 is 0. The average Bonchev–Trinajstić information content (AvgIpc) is 3.08. The van der Waals surface area contributed by atoms with Crippen LogP contribution in [0.5, 0.6) is 0 Å². The topological polar surface area (TPSA) is 66.5 Å². The molecule has 5 aromatic rings. The van der Waals surface area contributed by atoms with Crippen LogP contribution < -0.4 is 5.32 Å². The van der Waals surface area contributed by atoms with E-state index in [-0.39, 0.29) is 0 Å². The van der Waals surface area contributed by atoms with Crippen molar-refractivity contribution in [3.63, 3.8) is 0 Å². The molecule has 4 aromatic heterocycles. The minimum Gasteiger partial charge on any atom is -0.354 e. The minimum atomic E-state index is 0.472. The molecule has 0 aliphatic rings. The fourth-order valence-electron chi connectivity index (χ4n) is 3.54. The summed E-state index contributed by atoms with van der Waals surface area (Å²) in [5, 5.41) is 6.62. The van der Waals surface area contributed by atoms with E-state index >= 15 is 0 Å². The molecule has 0 spiro atoms. The lowest BCUT2D eigenvalue weighted by Gasteiger charge is -2.12. The smallest absolute Gasteiger partial charge is 0.141 e. The van der Waals surface area contributed by atoms with Crippen LogP contribution in [-0.4, -0.2) is 19.9 Å². The Hall–Kier alpha value is -3.47. The van der Waals surface area contributed by atoms with Gasteiger partial charge in [-0.25, -0.2) is 4.98 Å². The Balaban J connectivity index is 1.78. The third-order valence-electron chi connectivity index (χ3n) is 4.95. The molecule has 0 saturated heterocycles. The second-order valence-corrected chi connectivity index (χ2v) is 7.05. The quantitative estimate of drug-likeness (QED) is 0.448. The predicted octanol–water partition coefficient (Wildman–Crippen LogP) is 5.53. The molecule has 5 heteroatoms. The highest BCUT2D eigenvalue weighted by atomic mass is 15.0. The SMILES string of the molecule is CC(C)c1cccc(Nc2nc3ccncc3c3[nH]c4ccncc4c23)c1. The maximum atomic E-state index is 4.90. The molecule has 1 aromatic carbocycles. The van der Waals surface area contributed by atoms with E-state index in [0.29, 0.717) is 5.92 Å². The molecule has 0 saturated carbocycles. The molecule has 0 radical (unpaired) electrons. The summed E-state index contributed by atoms with van der Waals surface area (Å²) in [6, 6.07) is 12.4. The molecule has 0 fully saturated rings. The summed E-state index contributed by atoms with van der Waals surface area (Å²) < 4.78 is 0. The van der Waals surface area contributed by atoms with Gasteiger partial charge in [-0.3, -0.25) is 9.97 Å². The molecule has 0 unspecified atom stereocenters. The number of rotatable bonds is 3. The molecule has 0 amide bonds. The Morgan fingerprint density at radius 1 is 0.963 bits per heavy atom. The molecular weight excluding hydrogens is 334 g/mol. The molecule has 0 aliphatic heterocycles. The van der Waals surface area contributed by atoms with Crippen molar-refractivity contribution < 1.29 is 0 Å². The van der Waals surface area contributed by atoms with Gasteiger partial charge in [-0.1, -0.05) is 26.0 Å². The fourth-order valence-corrected chi connectivity index (χ4v) is 3.54. The molecule has 5 nitrogen and oxygen atoms in total. The first-order valence-corrected chi connectivity index (χ1v) is 9.07. The van der Waals surface area contributed by atoms with Crippen LogP contribution in [0, 0.1) is 0 Å². The van der Waals surface area contributed by atoms with Gasteiger partial charge in [0.25, 0.3) is 0 Å². The van der Waals surface area contributed by atoms with Crippen molar-refractivity contribution in [2.75, 3.05) is 5.32 Å². The highest BCUT2D eigenvalue weighted by Gasteiger charge is 2.15. The lowest BCUT2D eigenvalue weighted by atomic mass is 10.0. The first-order valence-electron chi connectivity index (χ1n) is 9.07. The molecular formula is C22H19N5. The monoisotopic (exact) mass is 353 g/mol. The average molecular weight is 353 g/mol. The van der Waals surface area contributed by atoms with E-state index in [2.05, 4.69) is 58.4 Å². The Labute approximate surface area is 156 Å². The third-order valence-corrected chi connectivity index (χ3v) is 4.95. The zero-order valence-electron chi connectivity index (χ0n) is 15.2. The van der Waals surface area contributed by atoms with Gasteiger partial charge in [-0.2, -0.15) is 0 Å². The molecule has 27 heavy (non-hydrogen) atoms. The molecule has 4 heterocycles. The van der Waals surface area contributed by atoms with Crippen molar-refractivity contribution in [2.45, 2.75) is 19.8 Å². The molecule has 132 valence electrons. The summed E-state index contributed by atoms with van der Waals surface area (Å²) in [5.41, 5.74) is 5.29. The Morgan fingerprint density at radius 2 is 1.78 bits per heavy atom. The molecule has 5 rings (SSSR count). The maximum Gasteiger partial charge on any atom is 0.141 e. The van der Waals surface area contributed by atoms with Gasteiger partial charge in [0.2, 0.25) is 0 Å². The van der Waals surface area contributed by atoms with Crippen LogP contribution in [-0.2, 0) is 0 Å². The predicted molar refractivity (Wildman–Crippen MR) is 111 cm³/mol. The van der Waals surface area contributed by atoms with Crippen LogP contribution in [0.25, 0.3) is 32.7 Å². The maximum absolute atomic E-state index is 4.90. The Morgan fingerprint density at radius 3 is 2.63 bits per heavy atom. The number of nitrogens with zero attached hydrogens (tertiary/aromatic N) is 3. The van der Waals surface area contributed by atoms with Crippen molar-refractivity contribution in [1.29, 1.82) is 0 Å². The van der Waals surface area contributed by atoms with E-state index < -0.39 is 0 Å². The summed E-state index contributed by atoms with van der Waals surface area (Å²) in [5.74, 6) is 1.29. The second-order valence-electron chi connectivity index (χ2n) is 7.05. The number of aromatic amines is 1. The van der Waals surface area contributed by atoms with Crippen molar-refractivity contribution in [2.24, 2.45) is 0 Å². The second kappa shape index (κ2) is 6.06. The highest BCUT2D eigenvalue weighted by Crippen LogP contribution is 2.35. The highest BCUT2D eigenvalue weighted by molar-refractivity contribution is 6.20. The van der Waals surface area contributed by atoms with Crippen LogP contribution >= 0.6 is 0 Å². The number of pyridine rings is 3. The van der Waals surface area contributed by atoms with E-state index in [4.69, 9.17) is 4.98 Å². The van der Waals surface area contributed by atoms with Crippen LogP contribution in [0.3, 0.4) is 0 Å². The number of anilines is 2. The zero-order chi connectivity index (χ0) is 18.4. The van der Waals surface area contributed by atoms with Gasteiger partial charge >= 0.3 is 0 Å². The fraction of sp³-hybridized carbons (Fsp3) is 0.136. The number of benzene rings is 1. The first-order chi connectivity index (χ1) is 13.2. The van der Waals surface area contributed by atoms with Gasteiger partial charge in [0.15, 0.2) is 0 Å². The number of fused-ring (bicyclic) bond motifs is 5. The van der Waals surface area contributed by atoms with Gasteiger partial charge in [-0.05, 0) is 35.7 Å². The van der Waals surface area contributed by atoms with E-state index in [1.54, 1.807) is 12.4 Å². The van der Waals surface area contributed by atoms with Crippen molar-refractivity contribution in [3.05, 3.63) is 66.7 Å². The molecule has 0 aliphatic carbocycles. The van der Waals surface area contributed by atoms with E-state index in [1.807, 2.05) is 24.5 Å². The minimum absolute atomic E-state index is 0.472. The third kappa shape index (κ3) is 2.59. The largest absolute Gasteiger partial charge is 0.354 e. The van der Waals surface area contributed by atoms with Crippen LogP contribution in [0.4, 0.5) is 11.5 Å². The normalized spacial score (nSPS) is 11.7. The van der Waals surface area contributed by atoms with Crippen LogP contribution in [0.1, 0.15) is 25.3 Å². The van der Waals surface area contributed by atoms with Crippen LogP contribution in [0.15, 0.2) is 61.2 Å². The van der Waals surface area contributed by atoms with Gasteiger partial charge in [0, 0.05) is 46.8 Å². The standard InChI is InChI=1S/C22H19N5/c1-13(2)14-4-3-5-15(10-14)25-22-20-16-11-23-8-6-18(16)26-21(20)17-12-24-9-7-19(17)27-22/h3-13,26H,1-2H3,(H,25,27). The number of aromatic nitrogens is 4. The molecule has 0 atom stereocenters. The van der Waals surface area contributed by atoms with Gasteiger partial charge in [0.05, 0.1) is 16.4 Å².